The van der Waals surface area contributed by atoms with Gasteiger partial charge in [-0.25, -0.2) is 0 Å². The maximum Gasteiger partial charge on any atom is 0.310 e. The molecule has 1 heterocycles. The van der Waals surface area contributed by atoms with E-state index in [-0.39, 0.29) is 17.7 Å². The molecule has 1 aromatic carbocycles. The van der Waals surface area contributed by atoms with Crippen molar-refractivity contribution in [3.63, 3.8) is 0 Å². The van der Waals surface area contributed by atoms with Crippen LogP contribution < -0.4 is 5.73 Å². The first-order valence-electron chi connectivity index (χ1n) is 8.02. The molecular formula is C17H25N3O3. The molecule has 1 saturated heterocycles. The summed E-state index contributed by atoms with van der Waals surface area (Å²) in [5, 5.41) is 17.9. The zero-order chi connectivity index (χ0) is 16.8. The molecule has 1 aromatic rings. The monoisotopic (exact) mass is 319 g/mol. The van der Waals surface area contributed by atoms with E-state index in [1.807, 2.05) is 13.0 Å². The number of β-amino-alcohol motifs (C(OH)–C–C–N with tert-alkyl or cyclic N) is 1. The summed E-state index contributed by atoms with van der Waals surface area (Å²) >= 11 is 0. The Balaban J connectivity index is 1.96. The summed E-state index contributed by atoms with van der Waals surface area (Å²) in [7, 11) is 0. The summed E-state index contributed by atoms with van der Waals surface area (Å²) in [6.07, 6.45) is 1.09. The molecule has 2 unspecified atom stereocenters. The van der Waals surface area contributed by atoms with E-state index in [0.29, 0.717) is 25.3 Å². The van der Waals surface area contributed by atoms with Gasteiger partial charge in [0.1, 0.15) is 5.84 Å². The SMILES string of the molecule is CCOC(=O)C1CCCN(CC(O)c2cccc(C(=N)N)c2)C1. The van der Waals surface area contributed by atoms with Crippen LogP contribution in [-0.2, 0) is 9.53 Å². The van der Waals surface area contributed by atoms with Gasteiger partial charge in [-0.05, 0) is 37.9 Å². The molecule has 23 heavy (non-hydrogen) atoms. The molecule has 6 nitrogen and oxygen atoms in total. The minimum atomic E-state index is -0.671. The first-order chi connectivity index (χ1) is 11.0. The van der Waals surface area contributed by atoms with Crippen LogP contribution in [0.4, 0.5) is 0 Å². The lowest BCUT2D eigenvalue weighted by atomic mass is 9.97. The Bertz CT molecular complexity index is 562. The Hall–Kier alpha value is -1.92. The smallest absolute Gasteiger partial charge is 0.310 e. The fourth-order valence-corrected chi connectivity index (χ4v) is 2.94. The van der Waals surface area contributed by atoms with Gasteiger partial charge < -0.3 is 15.6 Å². The third-order valence-corrected chi connectivity index (χ3v) is 4.14. The summed E-state index contributed by atoms with van der Waals surface area (Å²) in [4.78, 5) is 14.0. The van der Waals surface area contributed by atoms with E-state index in [1.165, 1.54) is 0 Å². The fraction of sp³-hybridized carbons (Fsp3) is 0.529. The number of piperidine rings is 1. The van der Waals surface area contributed by atoms with E-state index in [4.69, 9.17) is 15.9 Å². The van der Waals surface area contributed by atoms with E-state index < -0.39 is 6.10 Å². The van der Waals surface area contributed by atoms with Gasteiger partial charge in [0, 0.05) is 18.7 Å². The van der Waals surface area contributed by atoms with Crippen molar-refractivity contribution in [2.45, 2.75) is 25.9 Å². The number of ether oxygens (including phenoxy) is 1. The number of esters is 1. The number of nitrogen functional groups attached to an aromatic ring is 1. The Morgan fingerprint density at radius 2 is 2.35 bits per heavy atom. The zero-order valence-electron chi connectivity index (χ0n) is 13.5. The van der Waals surface area contributed by atoms with Crippen LogP contribution in [0.5, 0.6) is 0 Å². The number of hydrogen-bond acceptors (Lipinski definition) is 5. The first kappa shape index (κ1) is 17.4. The van der Waals surface area contributed by atoms with E-state index in [2.05, 4.69) is 4.90 Å². The zero-order valence-corrected chi connectivity index (χ0v) is 13.5. The van der Waals surface area contributed by atoms with E-state index >= 15 is 0 Å². The predicted octanol–water partition coefficient (Wildman–Crippen LogP) is 1.28. The average Bonchev–Trinajstić information content (AvgIpc) is 2.55. The number of likely N-dealkylation sites (tertiary alicyclic amines) is 1. The second kappa shape index (κ2) is 8.08. The molecule has 0 aromatic heterocycles. The third-order valence-electron chi connectivity index (χ3n) is 4.14. The predicted molar refractivity (Wildman–Crippen MR) is 88.2 cm³/mol. The standard InChI is InChI=1S/C17H25N3O3/c1-2-23-17(22)14-7-4-8-20(10-14)11-15(21)12-5-3-6-13(9-12)16(18)19/h3,5-6,9,14-15,21H,2,4,7-8,10-11H2,1H3,(H3,18,19). The molecule has 6 heteroatoms. The van der Waals surface area contributed by atoms with Crippen molar-refractivity contribution in [2.24, 2.45) is 11.7 Å². The Labute approximate surface area is 136 Å². The topological polar surface area (TPSA) is 99.6 Å². The van der Waals surface area contributed by atoms with Gasteiger partial charge in [-0.2, -0.15) is 0 Å². The van der Waals surface area contributed by atoms with Crippen LogP contribution >= 0.6 is 0 Å². The number of benzene rings is 1. The van der Waals surface area contributed by atoms with Crippen LogP contribution in [0.15, 0.2) is 24.3 Å². The maximum atomic E-state index is 11.9. The number of amidine groups is 1. The number of nitrogens with one attached hydrogen (secondary N) is 1. The molecule has 1 aliphatic heterocycles. The largest absolute Gasteiger partial charge is 0.466 e. The van der Waals surface area contributed by atoms with Crippen molar-refractivity contribution in [3.05, 3.63) is 35.4 Å². The van der Waals surface area contributed by atoms with Crippen LogP contribution in [0.1, 0.15) is 37.0 Å². The molecule has 4 N–H and O–H groups in total. The quantitative estimate of drug-likeness (QED) is 0.417. The Kier molecular flexibility index (Phi) is 6.12. The van der Waals surface area contributed by atoms with Crippen LogP contribution in [0.3, 0.4) is 0 Å². The lowest BCUT2D eigenvalue weighted by molar-refractivity contribution is -0.150. The van der Waals surface area contributed by atoms with Crippen LogP contribution in [0, 0.1) is 11.3 Å². The average molecular weight is 319 g/mol. The number of nitrogens with zero attached hydrogens (tertiary/aromatic N) is 1. The van der Waals surface area contributed by atoms with Crippen LogP contribution in [0.2, 0.25) is 0 Å². The molecule has 0 radical (unpaired) electrons. The number of rotatable bonds is 6. The summed E-state index contributed by atoms with van der Waals surface area (Å²) in [6, 6.07) is 7.09. The van der Waals surface area contributed by atoms with Crippen molar-refractivity contribution >= 4 is 11.8 Å². The molecule has 2 atom stereocenters. The summed E-state index contributed by atoms with van der Waals surface area (Å²) in [5.41, 5.74) is 6.82. The molecule has 0 bridgehead atoms. The maximum absolute atomic E-state index is 11.9. The van der Waals surface area contributed by atoms with Crippen molar-refractivity contribution in [1.82, 2.24) is 4.90 Å². The van der Waals surface area contributed by atoms with E-state index in [1.54, 1.807) is 18.2 Å². The van der Waals surface area contributed by atoms with Crippen molar-refractivity contribution < 1.29 is 14.6 Å². The number of aliphatic hydroxyl groups excluding tert-OH is 1. The summed E-state index contributed by atoms with van der Waals surface area (Å²) < 4.78 is 5.10. The van der Waals surface area contributed by atoms with Gasteiger partial charge in [0.05, 0.1) is 18.6 Å². The first-order valence-corrected chi connectivity index (χ1v) is 8.02. The van der Waals surface area contributed by atoms with Crippen LogP contribution in [0.25, 0.3) is 0 Å². The Morgan fingerprint density at radius 1 is 1.57 bits per heavy atom. The van der Waals surface area contributed by atoms with Crippen molar-refractivity contribution in [1.29, 1.82) is 5.41 Å². The molecule has 1 aliphatic rings. The number of aliphatic hydroxyl groups is 1. The highest BCUT2D eigenvalue weighted by Gasteiger charge is 2.28. The Morgan fingerprint density at radius 3 is 3.04 bits per heavy atom. The normalized spacial score (nSPS) is 20.0. The molecule has 0 amide bonds. The fourth-order valence-electron chi connectivity index (χ4n) is 2.94. The van der Waals surface area contributed by atoms with Gasteiger partial charge in [0.2, 0.25) is 0 Å². The van der Waals surface area contributed by atoms with Gasteiger partial charge in [-0.15, -0.1) is 0 Å². The highest BCUT2D eigenvalue weighted by atomic mass is 16.5. The van der Waals surface area contributed by atoms with Crippen LogP contribution in [-0.4, -0.2) is 48.1 Å². The van der Waals surface area contributed by atoms with Gasteiger partial charge in [-0.3, -0.25) is 15.1 Å². The van der Waals surface area contributed by atoms with Gasteiger partial charge >= 0.3 is 5.97 Å². The third kappa shape index (κ3) is 4.77. The summed E-state index contributed by atoms with van der Waals surface area (Å²) in [5.74, 6) is -0.274. The lowest BCUT2D eigenvalue weighted by Gasteiger charge is -2.32. The number of hydrogen-bond donors (Lipinski definition) is 3. The second-order valence-electron chi connectivity index (χ2n) is 5.91. The van der Waals surface area contributed by atoms with E-state index in [9.17, 15) is 9.90 Å². The number of nitrogens with two attached hydrogens (primary N) is 1. The minimum Gasteiger partial charge on any atom is -0.466 e. The highest BCUT2D eigenvalue weighted by Crippen LogP contribution is 2.22. The van der Waals surface area contributed by atoms with Crippen molar-refractivity contribution in [3.8, 4) is 0 Å². The van der Waals surface area contributed by atoms with Gasteiger partial charge in [0.25, 0.3) is 0 Å². The molecule has 126 valence electrons. The number of carbonyl (C=O) groups excluding carboxylic acids is 1. The molecule has 1 fully saturated rings. The summed E-state index contributed by atoms with van der Waals surface area (Å²) in [6.45, 7) is 4.14. The molecule has 2 rings (SSSR count). The molecule has 0 aliphatic carbocycles. The van der Waals surface area contributed by atoms with E-state index in [0.717, 1.165) is 24.9 Å². The molecular weight excluding hydrogens is 294 g/mol. The van der Waals surface area contributed by atoms with Gasteiger partial charge in [-0.1, -0.05) is 18.2 Å². The lowest BCUT2D eigenvalue weighted by Crippen LogP contribution is -2.41. The second-order valence-corrected chi connectivity index (χ2v) is 5.91. The number of carbonyl (C=O) groups is 1. The molecule has 0 spiro atoms. The molecule has 0 saturated carbocycles. The van der Waals surface area contributed by atoms with Gasteiger partial charge in [0.15, 0.2) is 0 Å². The van der Waals surface area contributed by atoms with Crippen molar-refractivity contribution in [2.75, 3.05) is 26.2 Å². The minimum absolute atomic E-state index is 0.0144. The highest BCUT2D eigenvalue weighted by molar-refractivity contribution is 5.95.